The molecule has 4 aromatic rings. The molecule has 3 aromatic heterocycles. The summed E-state index contributed by atoms with van der Waals surface area (Å²) in [6, 6.07) is 9.62. The second-order valence-electron chi connectivity index (χ2n) is 7.07. The summed E-state index contributed by atoms with van der Waals surface area (Å²) >= 11 is 1.62. The summed E-state index contributed by atoms with van der Waals surface area (Å²) in [5.74, 6) is 0.686. The minimum atomic E-state index is -0.312. The Balaban J connectivity index is 1.77. The highest BCUT2D eigenvalue weighted by molar-refractivity contribution is 7.07. The number of nitrogens with two attached hydrogens (primary N) is 1. The topological polar surface area (TPSA) is 98.7 Å². The number of rotatable bonds is 7. The number of nitrogens with one attached hydrogen (secondary N) is 1. The molecule has 0 aliphatic heterocycles. The van der Waals surface area contributed by atoms with Crippen LogP contribution in [0.2, 0.25) is 0 Å². The number of imidazole rings is 1. The Morgan fingerprint density at radius 1 is 1.07 bits per heavy atom. The Morgan fingerprint density at radius 2 is 1.86 bits per heavy atom. The lowest BCUT2D eigenvalue weighted by atomic mass is 10.1. The monoisotopic (exact) mass is 409 g/mol. The normalized spacial score (nSPS) is 11.3. The van der Waals surface area contributed by atoms with Gasteiger partial charge in [-0.1, -0.05) is 19.1 Å². The fourth-order valence-corrected chi connectivity index (χ4v) is 4.10. The van der Waals surface area contributed by atoms with Crippen LogP contribution < -0.4 is 17.0 Å². The van der Waals surface area contributed by atoms with Crippen molar-refractivity contribution in [3.8, 4) is 0 Å². The average Bonchev–Trinajstić information content (AvgIpc) is 3.37. The van der Waals surface area contributed by atoms with E-state index in [2.05, 4.69) is 15.3 Å². The van der Waals surface area contributed by atoms with Gasteiger partial charge in [0.05, 0.1) is 0 Å². The van der Waals surface area contributed by atoms with Gasteiger partial charge in [-0.25, -0.2) is 9.78 Å². The summed E-state index contributed by atoms with van der Waals surface area (Å²) in [6.45, 7) is 2.77. The number of aryl methyl sites for hydroxylation is 2. The first-order valence-corrected chi connectivity index (χ1v) is 10.6. The van der Waals surface area contributed by atoms with E-state index in [1.54, 1.807) is 15.9 Å². The third-order valence-corrected chi connectivity index (χ3v) is 5.64. The van der Waals surface area contributed by atoms with Crippen molar-refractivity contribution < 1.29 is 0 Å². The van der Waals surface area contributed by atoms with E-state index < -0.39 is 0 Å². The predicted octanol–water partition coefficient (Wildman–Crippen LogP) is 2.77. The molecule has 0 spiro atoms. The van der Waals surface area contributed by atoms with Gasteiger partial charge in [-0.05, 0) is 52.9 Å². The van der Waals surface area contributed by atoms with Gasteiger partial charge >= 0.3 is 5.69 Å². The Morgan fingerprint density at radius 3 is 2.55 bits per heavy atom. The Bertz CT molecular complexity index is 1230. The highest BCUT2D eigenvalue weighted by atomic mass is 32.1. The van der Waals surface area contributed by atoms with E-state index in [1.165, 1.54) is 4.57 Å². The minimum Gasteiger partial charge on any atom is -0.399 e. The quantitative estimate of drug-likeness (QED) is 0.459. The van der Waals surface area contributed by atoms with Gasteiger partial charge in [-0.3, -0.25) is 13.9 Å². The van der Waals surface area contributed by atoms with Crippen LogP contribution in [-0.4, -0.2) is 19.1 Å². The summed E-state index contributed by atoms with van der Waals surface area (Å²) in [5.41, 5.74) is 8.85. The van der Waals surface area contributed by atoms with Gasteiger partial charge in [0, 0.05) is 25.2 Å². The van der Waals surface area contributed by atoms with E-state index in [1.807, 2.05) is 42.6 Å². The fourth-order valence-electron chi connectivity index (χ4n) is 3.43. The number of hydrogen-bond acceptors (Lipinski definition) is 5. The Hall–Kier alpha value is -3.13. The second kappa shape index (κ2) is 8.08. The average molecular weight is 410 g/mol. The van der Waals surface area contributed by atoms with Crippen molar-refractivity contribution in [3.63, 3.8) is 0 Å². The second-order valence-corrected chi connectivity index (χ2v) is 7.85. The highest BCUT2D eigenvalue weighted by Crippen LogP contribution is 2.14. The first-order valence-electron chi connectivity index (χ1n) is 9.64. The molecule has 0 fully saturated rings. The highest BCUT2D eigenvalue weighted by Gasteiger charge is 2.17. The van der Waals surface area contributed by atoms with Crippen molar-refractivity contribution in [2.75, 3.05) is 5.73 Å². The zero-order chi connectivity index (χ0) is 20.4. The molecule has 0 atom stereocenters. The number of thiophene rings is 1. The number of benzene rings is 1. The summed E-state index contributed by atoms with van der Waals surface area (Å²) in [4.78, 5) is 33.7. The van der Waals surface area contributed by atoms with Crippen LogP contribution in [0, 0.1) is 0 Å². The van der Waals surface area contributed by atoms with Crippen LogP contribution in [-0.2, 0) is 25.9 Å². The number of H-pyrrole nitrogens is 1. The predicted molar refractivity (Wildman–Crippen MR) is 117 cm³/mol. The van der Waals surface area contributed by atoms with E-state index >= 15 is 0 Å². The molecule has 0 aliphatic carbocycles. The van der Waals surface area contributed by atoms with Gasteiger partial charge in [-0.2, -0.15) is 11.3 Å². The third-order valence-electron chi connectivity index (χ3n) is 4.91. The van der Waals surface area contributed by atoms with Crippen LogP contribution in [0.25, 0.3) is 11.2 Å². The zero-order valence-electron chi connectivity index (χ0n) is 16.2. The summed E-state index contributed by atoms with van der Waals surface area (Å²) < 4.78 is 2.91. The maximum Gasteiger partial charge on any atom is 0.332 e. The van der Waals surface area contributed by atoms with Crippen molar-refractivity contribution in [1.82, 2.24) is 19.1 Å². The molecule has 150 valence electrons. The first-order chi connectivity index (χ1) is 14.1. The SMILES string of the molecule is CCCn1c(=O)c2[nH]c(Cc3ccsc3)nc2n(CCc2ccc(N)cc2)c1=O. The molecular formula is C21H23N5O2S. The van der Waals surface area contributed by atoms with Crippen LogP contribution in [0.1, 0.15) is 30.3 Å². The van der Waals surface area contributed by atoms with Crippen LogP contribution in [0.4, 0.5) is 5.69 Å². The van der Waals surface area contributed by atoms with Crippen LogP contribution in [0.5, 0.6) is 0 Å². The molecule has 3 heterocycles. The largest absolute Gasteiger partial charge is 0.399 e. The zero-order valence-corrected chi connectivity index (χ0v) is 17.0. The molecule has 8 heteroatoms. The van der Waals surface area contributed by atoms with E-state index in [0.29, 0.717) is 55.0 Å². The maximum absolute atomic E-state index is 13.0. The number of nitrogens with zero attached hydrogens (tertiary/aromatic N) is 3. The third kappa shape index (κ3) is 3.88. The molecule has 0 aliphatic rings. The lowest BCUT2D eigenvalue weighted by molar-refractivity contribution is 0.559. The molecule has 0 radical (unpaired) electrons. The van der Waals surface area contributed by atoms with Gasteiger partial charge < -0.3 is 10.7 Å². The minimum absolute atomic E-state index is 0.306. The molecule has 0 bridgehead atoms. The summed E-state index contributed by atoms with van der Waals surface area (Å²) in [6.07, 6.45) is 1.94. The van der Waals surface area contributed by atoms with Crippen molar-refractivity contribution >= 4 is 28.2 Å². The van der Waals surface area contributed by atoms with Crippen molar-refractivity contribution in [3.05, 3.63) is 78.9 Å². The van der Waals surface area contributed by atoms with E-state index in [4.69, 9.17) is 5.73 Å². The molecule has 4 rings (SSSR count). The lowest BCUT2D eigenvalue weighted by Gasteiger charge is -2.11. The molecule has 3 N–H and O–H groups in total. The number of nitrogen functional groups attached to an aromatic ring is 1. The van der Waals surface area contributed by atoms with E-state index in [9.17, 15) is 9.59 Å². The smallest absolute Gasteiger partial charge is 0.332 e. The number of aromatic nitrogens is 4. The lowest BCUT2D eigenvalue weighted by Crippen LogP contribution is -2.40. The van der Waals surface area contributed by atoms with E-state index in [0.717, 1.165) is 11.1 Å². The van der Waals surface area contributed by atoms with Gasteiger partial charge in [0.25, 0.3) is 5.56 Å². The molecule has 7 nitrogen and oxygen atoms in total. The Kier molecular flexibility index (Phi) is 5.35. The van der Waals surface area contributed by atoms with Crippen molar-refractivity contribution in [2.45, 2.75) is 39.3 Å². The van der Waals surface area contributed by atoms with Crippen molar-refractivity contribution in [1.29, 1.82) is 0 Å². The number of fused-ring (bicyclic) bond motifs is 1. The number of hydrogen-bond donors (Lipinski definition) is 2. The van der Waals surface area contributed by atoms with Gasteiger partial charge in [-0.15, -0.1) is 0 Å². The van der Waals surface area contributed by atoms with Gasteiger partial charge in [0.15, 0.2) is 5.65 Å². The summed E-state index contributed by atoms with van der Waals surface area (Å²) in [5, 5.41) is 4.06. The van der Waals surface area contributed by atoms with Gasteiger partial charge in [0.1, 0.15) is 11.3 Å². The van der Waals surface area contributed by atoms with Crippen molar-refractivity contribution in [2.24, 2.45) is 0 Å². The molecule has 0 unspecified atom stereocenters. The molecule has 29 heavy (non-hydrogen) atoms. The van der Waals surface area contributed by atoms with Crippen LogP contribution in [0.3, 0.4) is 0 Å². The Labute approximate surface area is 171 Å². The fraction of sp³-hybridized carbons (Fsp3) is 0.286. The van der Waals surface area contributed by atoms with Gasteiger partial charge in [0.2, 0.25) is 0 Å². The standard InChI is InChI=1S/C21H23N5O2S/c1-2-9-26-20(27)18-19(24-17(23-18)12-15-8-11-29-13-15)25(21(26)28)10-7-14-3-5-16(22)6-4-14/h3-6,8,11,13H,2,7,9-10,12,22H2,1H3,(H,23,24). The molecule has 0 saturated carbocycles. The number of anilines is 1. The molecule has 0 saturated heterocycles. The number of aromatic amines is 1. The molecular weight excluding hydrogens is 386 g/mol. The molecule has 1 aromatic carbocycles. The maximum atomic E-state index is 13.0. The van der Waals surface area contributed by atoms with Crippen LogP contribution >= 0.6 is 11.3 Å². The van der Waals surface area contributed by atoms with Crippen LogP contribution in [0.15, 0.2) is 50.7 Å². The molecule has 0 amide bonds. The first kappa shape index (κ1) is 19.2. The van der Waals surface area contributed by atoms with E-state index in [-0.39, 0.29) is 11.2 Å². The summed E-state index contributed by atoms with van der Waals surface area (Å²) in [7, 11) is 0.